The Morgan fingerprint density at radius 2 is 1.41 bits per heavy atom. The van der Waals surface area contributed by atoms with Gasteiger partial charge in [-0.15, -0.1) is 0 Å². The Hall–Kier alpha value is -4.13. The van der Waals surface area contributed by atoms with E-state index >= 15 is 0 Å². The van der Waals surface area contributed by atoms with E-state index in [2.05, 4.69) is 16.2 Å². The van der Waals surface area contributed by atoms with Gasteiger partial charge in [0.1, 0.15) is 5.75 Å². The van der Waals surface area contributed by atoms with Gasteiger partial charge >= 0.3 is 0 Å². The highest BCUT2D eigenvalue weighted by Crippen LogP contribution is 2.15. The summed E-state index contributed by atoms with van der Waals surface area (Å²) >= 11 is 0. The van der Waals surface area contributed by atoms with Gasteiger partial charge in [0, 0.05) is 16.8 Å². The van der Waals surface area contributed by atoms with E-state index in [0.29, 0.717) is 11.3 Å². The number of para-hydroxylation sites is 1. The Morgan fingerprint density at radius 1 is 0.724 bits per heavy atom. The Balaban J connectivity index is 1.58. The van der Waals surface area contributed by atoms with Crippen LogP contribution in [0, 0.1) is 6.92 Å². The first-order valence-corrected chi connectivity index (χ1v) is 8.81. The molecule has 146 valence electrons. The molecule has 3 rings (SSSR count). The van der Waals surface area contributed by atoms with Gasteiger partial charge in [-0.05, 0) is 55.5 Å². The van der Waals surface area contributed by atoms with Crippen LogP contribution in [-0.4, -0.2) is 22.8 Å². The third-order valence-electron chi connectivity index (χ3n) is 4.12. The molecule has 0 bridgehead atoms. The van der Waals surface area contributed by atoms with Gasteiger partial charge in [0.05, 0.1) is 5.56 Å². The third kappa shape index (κ3) is 4.98. The minimum atomic E-state index is -0.640. The van der Waals surface area contributed by atoms with Crippen LogP contribution < -0.4 is 16.2 Å². The van der Waals surface area contributed by atoms with Crippen molar-refractivity contribution >= 4 is 23.4 Å². The van der Waals surface area contributed by atoms with Crippen LogP contribution in [0.2, 0.25) is 0 Å². The lowest BCUT2D eigenvalue weighted by atomic mass is 10.1. The SMILES string of the molecule is Cc1cccc(C(=O)Nc2ccc(C(=O)NNC(=O)c3ccccc3O)cc2)c1. The first-order valence-electron chi connectivity index (χ1n) is 8.81. The molecule has 3 aromatic rings. The summed E-state index contributed by atoms with van der Waals surface area (Å²) in [4.78, 5) is 36.5. The number of hydrogen-bond donors (Lipinski definition) is 4. The first kappa shape index (κ1) is 19.6. The Kier molecular flexibility index (Phi) is 5.89. The van der Waals surface area contributed by atoms with E-state index in [1.54, 1.807) is 42.5 Å². The Labute approximate surface area is 167 Å². The minimum Gasteiger partial charge on any atom is -0.507 e. The molecule has 0 spiro atoms. The van der Waals surface area contributed by atoms with Gasteiger partial charge in [0.25, 0.3) is 17.7 Å². The maximum atomic E-state index is 12.3. The number of rotatable bonds is 4. The second-order valence-corrected chi connectivity index (χ2v) is 6.33. The number of aryl methyl sites for hydroxylation is 1. The molecule has 4 N–H and O–H groups in total. The maximum absolute atomic E-state index is 12.3. The van der Waals surface area contributed by atoms with E-state index in [1.807, 2.05) is 13.0 Å². The molecule has 0 unspecified atom stereocenters. The average molecular weight is 389 g/mol. The van der Waals surface area contributed by atoms with Crippen molar-refractivity contribution in [3.8, 4) is 5.75 Å². The van der Waals surface area contributed by atoms with Crippen LogP contribution in [0.15, 0.2) is 72.8 Å². The van der Waals surface area contributed by atoms with Crippen molar-refractivity contribution in [3.05, 3.63) is 95.1 Å². The highest BCUT2D eigenvalue weighted by molar-refractivity contribution is 6.05. The quantitative estimate of drug-likeness (QED) is 0.515. The lowest BCUT2D eigenvalue weighted by Gasteiger charge is -2.09. The minimum absolute atomic E-state index is 0.0435. The number of phenolic OH excluding ortho intramolecular Hbond substituents is 1. The van der Waals surface area contributed by atoms with Crippen LogP contribution in [0.25, 0.3) is 0 Å². The topological polar surface area (TPSA) is 108 Å². The summed E-state index contributed by atoms with van der Waals surface area (Å²) in [5.41, 5.74) is 6.91. The van der Waals surface area contributed by atoms with Crippen molar-refractivity contribution in [1.82, 2.24) is 10.9 Å². The van der Waals surface area contributed by atoms with Gasteiger partial charge in [0.2, 0.25) is 0 Å². The van der Waals surface area contributed by atoms with Crippen LogP contribution in [0.5, 0.6) is 5.75 Å². The van der Waals surface area contributed by atoms with Crippen molar-refractivity contribution in [3.63, 3.8) is 0 Å². The molecule has 0 saturated heterocycles. The molecule has 0 aromatic heterocycles. The van der Waals surface area contributed by atoms with E-state index in [4.69, 9.17) is 0 Å². The molecule has 0 heterocycles. The van der Waals surface area contributed by atoms with Crippen LogP contribution in [0.4, 0.5) is 5.69 Å². The third-order valence-corrected chi connectivity index (χ3v) is 4.12. The number of hydrogen-bond acceptors (Lipinski definition) is 4. The van der Waals surface area contributed by atoms with Gasteiger partial charge in [-0.25, -0.2) is 0 Å². The number of amides is 3. The van der Waals surface area contributed by atoms with Gasteiger partial charge in [-0.1, -0.05) is 29.8 Å². The van der Waals surface area contributed by atoms with Gasteiger partial charge in [-0.3, -0.25) is 25.2 Å². The van der Waals surface area contributed by atoms with Crippen LogP contribution in [-0.2, 0) is 0 Å². The van der Waals surface area contributed by atoms with Crippen molar-refractivity contribution < 1.29 is 19.5 Å². The molecule has 0 saturated carbocycles. The summed E-state index contributed by atoms with van der Waals surface area (Å²) in [5, 5.41) is 12.4. The molecule has 0 atom stereocenters. The van der Waals surface area contributed by atoms with E-state index in [0.717, 1.165) is 5.56 Å². The number of anilines is 1. The van der Waals surface area contributed by atoms with Gasteiger partial charge in [-0.2, -0.15) is 0 Å². The molecular formula is C22H19N3O4. The van der Waals surface area contributed by atoms with E-state index in [-0.39, 0.29) is 22.8 Å². The zero-order chi connectivity index (χ0) is 20.8. The largest absolute Gasteiger partial charge is 0.507 e. The normalized spacial score (nSPS) is 10.1. The number of hydrazine groups is 1. The molecular weight excluding hydrogens is 370 g/mol. The summed E-state index contributed by atoms with van der Waals surface area (Å²) < 4.78 is 0. The van der Waals surface area contributed by atoms with Crippen molar-refractivity contribution in [2.45, 2.75) is 6.92 Å². The fourth-order valence-electron chi connectivity index (χ4n) is 2.61. The van der Waals surface area contributed by atoms with Gasteiger partial charge < -0.3 is 10.4 Å². The summed E-state index contributed by atoms with van der Waals surface area (Å²) in [6, 6.07) is 19.4. The summed E-state index contributed by atoms with van der Waals surface area (Å²) in [7, 11) is 0. The molecule has 3 amide bonds. The lowest BCUT2D eigenvalue weighted by molar-refractivity contribution is 0.0845. The lowest BCUT2D eigenvalue weighted by Crippen LogP contribution is -2.41. The van der Waals surface area contributed by atoms with Crippen molar-refractivity contribution in [2.24, 2.45) is 0 Å². The van der Waals surface area contributed by atoms with E-state index in [1.165, 1.54) is 24.3 Å². The molecule has 0 aliphatic heterocycles. The molecule has 0 fully saturated rings. The molecule has 7 heteroatoms. The molecule has 0 radical (unpaired) electrons. The first-order chi connectivity index (χ1) is 13.9. The number of phenols is 1. The predicted octanol–water partition coefficient (Wildman–Crippen LogP) is 3.03. The number of aromatic hydroxyl groups is 1. The van der Waals surface area contributed by atoms with E-state index in [9.17, 15) is 19.5 Å². The number of nitrogens with one attached hydrogen (secondary N) is 3. The second-order valence-electron chi connectivity index (χ2n) is 6.33. The number of carbonyl (C=O) groups excluding carboxylic acids is 3. The van der Waals surface area contributed by atoms with Crippen LogP contribution in [0.1, 0.15) is 36.6 Å². The van der Waals surface area contributed by atoms with Crippen LogP contribution >= 0.6 is 0 Å². The van der Waals surface area contributed by atoms with Crippen molar-refractivity contribution in [1.29, 1.82) is 0 Å². The Morgan fingerprint density at radius 3 is 2.10 bits per heavy atom. The molecule has 7 nitrogen and oxygen atoms in total. The average Bonchev–Trinajstić information content (AvgIpc) is 2.72. The highest BCUT2D eigenvalue weighted by atomic mass is 16.3. The Bertz CT molecular complexity index is 1060. The number of benzene rings is 3. The number of carbonyl (C=O) groups is 3. The molecule has 29 heavy (non-hydrogen) atoms. The monoisotopic (exact) mass is 389 g/mol. The van der Waals surface area contributed by atoms with Crippen LogP contribution in [0.3, 0.4) is 0 Å². The fourth-order valence-corrected chi connectivity index (χ4v) is 2.61. The predicted molar refractivity (Wildman–Crippen MR) is 109 cm³/mol. The standard InChI is InChI=1S/C22H19N3O4/c1-14-5-4-6-16(13-14)20(27)23-17-11-9-15(10-12-17)21(28)24-25-22(29)18-7-2-3-8-19(18)26/h2-13,26H,1H3,(H,23,27)(H,24,28)(H,25,29). The summed E-state index contributed by atoms with van der Waals surface area (Å²) in [6.07, 6.45) is 0. The zero-order valence-corrected chi connectivity index (χ0v) is 15.6. The smallest absolute Gasteiger partial charge is 0.273 e. The maximum Gasteiger partial charge on any atom is 0.273 e. The zero-order valence-electron chi connectivity index (χ0n) is 15.6. The molecule has 0 aliphatic carbocycles. The summed E-state index contributed by atoms with van der Waals surface area (Å²) in [5.74, 6) is -1.61. The summed E-state index contributed by atoms with van der Waals surface area (Å²) in [6.45, 7) is 1.90. The molecule has 0 aliphatic rings. The van der Waals surface area contributed by atoms with E-state index < -0.39 is 11.8 Å². The second kappa shape index (κ2) is 8.71. The molecule has 3 aromatic carbocycles. The van der Waals surface area contributed by atoms with Crippen molar-refractivity contribution in [2.75, 3.05) is 5.32 Å². The highest BCUT2D eigenvalue weighted by Gasteiger charge is 2.12. The fraction of sp³-hybridized carbons (Fsp3) is 0.0455. The van der Waals surface area contributed by atoms with Gasteiger partial charge in [0.15, 0.2) is 0 Å².